The number of fused-ring (bicyclic) bond motifs is 1. The maximum atomic E-state index is 11.9. The van der Waals surface area contributed by atoms with Crippen LogP contribution < -0.4 is 16.0 Å². The number of amides is 3. The normalized spacial score (nSPS) is 15.9. The molecule has 0 unspecified atom stereocenters. The van der Waals surface area contributed by atoms with Gasteiger partial charge in [-0.2, -0.15) is 5.10 Å². The lowest BCUT2D eigenvalue weighted by molar-refractivity contribution is -0.120. The minimum atomic E-state index is -0.423. The molecule has 1 saturated heterocycles. The van der Waals surface area contributed by atoms with E-state index in [1.807, 2.05) is 0 Å². The first kappa shape index (κ1) is 11.5. The molecule has 2 aromatic rings. The zero-order valence-electron chi connectivity index (χ0n) is 10.4. The summed E-state index contributed by atoms with van der Waals surface area (Å²) < 4.78 is 1.65. The van der Waals surface area contributed by atoms with Gasteiger partial charge in [-0.25, -0.2) is 4.79 Å². The van der Waals surface area contributed by atoms with Crippen molar-refractivity contribution in [1.29, 1.82) is 0 Å². The molecule has 2 heterocycles. The highest BCUT2D eigenvalue weighted by Gasteiger charge is 2.26. The van der Waals surface area contributed by atoms with E-state index in [1.165, 1.54) is 4.90 Å². The molecule has 1 fully saturated rings. The minimum Gasteiger partial charge on any atom is -0.398 e. The lowest BCUT2D eigenvalue weighted by Gasteiger charge is -2.26. The van der Waals surface area contributed by atoms with E-state index < -0.39 is 6.03 Å². The van der Waals surface area contributed by atoms with Crippen molar-refractivity contribution in [2.24, 2.45) is 7.05 Å². The quantitative estimate of drug-likeness (QED) is 0.733. The van der Waals surface area contributed by atoms with Crippen LogP contribution in [0.15, 0.2) is 18.3 Å². The van der Waals surface area contributed by atoms with Crippen LogP contribution in [-0.2, 0) is 11.8 Å². The molecule has 0 aliphatic carbocycles. The van der Waals surface area contributed by atoms with Gasteiger partial charge in [-0.05, 0) is 12.1 Å². The second kappa shape index (κ2) is 3.98. The van der Waals surface area contributed by atoms with Gasteiger partial charge in [0.05, 0.1) is 5.69 Å². The summed E-state index contributed by atoms with van der Waals surface area (Å²) in [5.41, 5.74) is 7.83. The topological polar surface area (TPSA) is 93.2 Å². The highest BCUT2D eigenvalue weighted by Crippen LogP contribution is 2.30. The maximum absolute atomic E-state index is 11.9. The fourth-order valence-corrected chi connectivity index (χ4v) is 2.24. The number of carbonyl (C=O) groups is 2. The van der Waals surface area contributed by atoms with E-state index in [-0.39, 0.29) is 12.3 Å². The summed E-state index contributed by atoms with van der Waals surface area (Å²) in [6.07, 6.45) is 2.09. The number of nitrogen functional groups attached to an aromatic ring is 1. The molecule has 0 radical (unpaired) electrons. The number of benzene rings is 1. The Kier molecular flexibility index (Phi) is 2.41. The average Bonchev–Trinajstić information content (AvgIpc) is 2.73. The lowest BCUT2D eigenvalue weighted by Crippen LogP contribution is -2.49. The van der Waals surface area contributed by atoms with E-state index in [2.05, 4.69) is 10.4 Å². The standard InChI is InChI=1S/C12H13N5O2/c1-16-6-7-8(13)2-3-9(11(7)15-16)17-5-4-10(18)14-12(17)19/h2-3,6H,4-5,13H2,1H3,(H,14,18,19). The molecule has 3 amide bonds. The van der Waals surface area contributed by atoms with Crippen molar-refractivity contribution in [2.45, 2.75) is 6.42 Å². The predicted octanol–water partition coefficient (Wildman–Crippen LogP) is 0.602. The van der Waals surface area contributed by atoms with E-state index in [0.29, 0.717) is 23.4 Å². The number of carbonyl (C=O) groups excluding carboxylic acids is 2. The zero-order chi connectivity index (χ0) is 13.6. The Morgan fingerprint density at radius 1 is 1.37 bits per heavy atom. The number of aromatic nitrogens is 2. The molecule has 1 aliphatic heterocycles. The Labute approximate surface area is 109 Å². The van der Waals surface area contributed by atoms with Gasteiger partial charge in [0.25, 0.3) is 0 Å². The number of nitrogens with zero attached hydrogens (tertiary/aromatic N) is 3. The van der Waals surface area contributed by atoms with Crippen LogP contribution in [0.1, 0.15) is 6.42 Å². The number of urea groups is 1. The lowest BCUT2D eigenvalue weighted by atomic mass is 10.1. The Bertz CT molecular complexity index is 691. The SMILES string of the molecule is Cn1cc2c(N)ccc(N3CCC(=O)NC3=O)c2n1. The van der Waals surface area contributed by atoms with Gasteiger partial charge in [0, 0.05) is 37.3 Å². The van der Waals surface area contributed by atoms with E-state index in [4.69, 9.17) is 5.73 Å². The van der Waals surface area contributed by atoms with Crippen molar-refractivity contribution in [3.63, 3.8) is 0 Å². The molecule has 0 atom stereocenters. The van der Waals surface area contributed by atoms with Gasteiger partial charge in [0.15, 0.2) is 0 Å². The van der Waals surface area contributed by atoms with Gasteiger partial charge in [-0.15, -0.1) is 0 Å². The van der Waals surface area contributed by atoms with Crippen LogP contribution in [0.2, 0.25) is 0 Å². The number of aryl methyl sites for hydroxylation is 1. The summed E-state index contributed by atoms with van der Waals surface area (Å²) in [6, 6.07) is 3.07. The van der Waals surface area contributed by atoms with Crippen LogP contribution in [0.4, 0.5) is 16.2 Å². The van der Waals surface area contributed by atoms with E-state index in [9.17, 15) is 9.59 Å². The molecule has 0 bridgehead atoms. The summed E-state index contributed by atoms with van der Waals surface area (Å²) >= 11 is 0. The molecule has 3 rings (SSSR count). The van der Waals surface area contributed by atoms with E-state index in [0.717, 1.165) is 5.39 Å². The van der Waals surface area contributed by atoms with Gasteiger partial charge in [-0.3, -0.25) is 19.7 Å². The van der Waals surface area contributed by atoms with E-state index in [1.54, 1.807) is 30.1 Å². The second-order valence-electron chi connectivity index (χ2n) is 4.49. The van der Waals surface area contributed by atoms with Crippen molar-refractivity contribution in [2.75, 3.05) is 17.2 Å². The third-order valence-corrected chi connectivity index (χ3v) is 3.15. The molecule has 7 heteroatoms. The van der Waals surface area contributed by atoms with Crippen LogP contribution in [0.5, 0.6) is 0 Å². The Balaban J connectivity index is 2.12. The van der Waals surface area contributed by atoms with Crippen molar-refractivity contribution in [1.82, 2.24) is 15.1 Å². The number of nitrogens with one attached hydrogen (secondary N) is 1. The van der Waals surface area contributed by atoms with Crippen molar-refractivity contribution in [3.05, 3.63) is 18.3 Å². The predicted molar refractivity (Wildman–Crippen MR) is 70.6 cm³/mol. The van der Waals surface area contributed by atoms with Gasteiger partial charge in [0.1, 0.15) is 5.52 Å². The number of hydrogen-bond acceptors (Lipinski definition) is 4. The Hall–Kier alpha value is -2.57. The molecule has 1 aliphatic rings. The summed E-state index contributed by atoms with van der Waals surface area (Å²) in [6.45, 7) is 0.347. The molecule has 7 nitrogen and oxygen atoms in total. The Morgan fingerprint density at radius 3 is 2.89 bits per heavy atom. The van der Waals surface area contributed by atoms with Gasteiger partial charge >= 0.3 is 6.03 Å². The minimum absolute atomic E-state index is 0.256. The van der Waals surface area contributed by atoms with Gasteiger partial charge in [0.2, 0.25) is 5.91 Å². The van der Waals surface area contributed by atoms with Crippen LogP contribution in [0.3, 0.4) is 0 Å². The van der Waals surface area contributed by atoms with Crippen LogP contribution in [-0.4, -0.2) is 28.3 Å². The average molecular weight is 259 g/mol. The molecule has 98 valence electrons. The van der Waals surface area contributed by atoms with Crippen LogP contribution >= 0.6 is 0 Å². The molecular formula is C12H13N5O2. The van der Waals surface area contributed by atoms with Crippen LogP contribution in [0.25, 0.3) is 10.9 Å². The van der Waals surface area contributed by atoms with Crippen molar-refractivity contribution >= 4 is 34.2 Å². The first-order valence-corrected chi connectivity index (χ1v) is 5.89. The monoisotopic (exact) mass is 259 g/mol. The number of hydrogen-bond donors (Lipinski definition) is 2. The summed E-state index contributed by atoms with van der Waals surface area (Å²) in [5, 5.41) is 7.42. The number of nitrogens with two attached hydrogens (primary N) is 1. The third kappa shape index (κ3) is 1.79. The van der Waals surface area contributed by atoms with E-state index >= 15 is 0 Å². The molecule has 0 saturated carbocycles. The van der Waals surface area contributed by atoms with Crippen molar-refractivity contribution < 1.29 is 9.59 Å². The number of anilines is 2. The first-order chi connectivity index (χ1) is 9.06. The summed E-state index contributed by atoms with van der Waals surface area (Å²) in [5.74, 6) is -0.256. The molecule has 1 aromatic heterocycles. The highest BCUT2D eigenvalue weighted by molar-refractivity contribution is 6.10. The molecular weight excluding hydrogens is 246 g/mol. The third-order valence-electron chi connectivity index (χ3n) is 3.15. The zero-order valence-corrected chi connectivity index (χ0v) is 10.4. The maximum Gasteiger partial charge on any atom is 0.328 e. The van der Waals surface area contributed by atoms with Gasteiger partial charge < -0.3 is 5.73 Å². The van der Waals surface area contributed by atoms with Crippen molar-refractivity contribution in [3.8, 4) is 0 Å². The van der Waals surface area contributed by atoms with Crippen LogP contribution in [0, 0.1) is 0 Å². The summed E-state index contributed by atoms with van der Waals surface area (Å²) in [7, 11) is 1.79. The molecule has 1 aromatic carbocycles. The number of imide groups is 1. The summed E-state index contributed by atoms with van der Waals surface area (Å²) in [4.78, 5) is 24.6. The molecule has 3 N–H and O–H groups in total. The molecule has 0 spiro atoms. The fourth-order valence-electron chi connectivity index (χ4n) is 2.24. The Morgan fingerprint density at radius 2 is 2.16 bits per heavy atom. The fraction of sp³-hybridized carbons (Fsp3) is 0.250. The smallest absolute Gasteiger partial charge is 0.328 e. The number of rotatable bonds is 1. The first-order valence-electron chi connectivity index (χ1n) is 5.89. The van der Waals surface area contributed by atoms with Gasteiger partial charge in [-0.1, -0.05) is 0 Å². The largest absolute Gasteiger partial charge is 0.398 e. The highest BCUT2D eigenvalue weighted by atomic mass is 16.2. The molecule has 19 heavy (non-hydrogen) atoms. The second-order valence-corrected chi connectivity index (χ2v) is 4.49.